The van der Waals surface area contributed by atoms with Crippen molar-refractivity contribution >= 4 is 11.6 Å². The number of benzene rings is 2. The highest BCUT2D eigenvalue weighted by Crippen LogP contribution is 2.41. The molecular weight excluding hydrogens is 304 g/mol. The summed E-state index contributed by atoms with van der Waals surface area (Å²) in [6.07, 6.45) is 5.57. The monoisotopic (exact) mass is 328 g/mol. The van der Waals surface area contributed by atoms with Crippen LogP contribution in [0.2, 0.25) is 0 Å². The summed E-state index contributed by atoms with van der Waals surface area (Å²) in [4.78, 5) is 0. The van der Waals surface area contributed by atoms with Gasteiger partial charge in [0.25, 0.3) is 0 Å². The highest BCUT2D eigenvalue weighted by atomic mass is 16.3. The van der Waals surface area contributed by atoms with Crippen LogP contribution in [0.15, 0.2) is 52.9 Å². The first-order chi connectivity index (χ1) is 12.2. The topological polar surface area (TPSA) is 13.1 Å². The lowest BCUT2D eigenvalue weighted by Gasteiger charge is -2.17. The molecule has 3 aromatic rings. The van der Waals surface area contributed by atoms with E-state index in [1.807, 2.05) is 13.0 Å². The average molecular weight is 328 g/mol. The predicted molar refractivity (Wildman–Crippen MR) is 106 cm³/mol. The van der Waals surface area contributed by atoms with Crippen molar-refractivity contribution < 1.29 is 4.42 Å². The number of hydrogen-bond donors (Lipinski definition) is 0. The summed E-state index contributed by atoms with van der Waals surface area (Å²) in [6, 6.07) is 17.3. The fourth-order valence-electron chi connectivity index (χ4n) is 3.96. The van der Waals surface area contributed by atoms with Crippen LogP contribution >= 0.6 is 0 Å². The van der Waals surface area contributed by atoms with Crippen LogP contribution in [0.1, 0.15) is 47.1 Å². The second-order valence-corrected chi connectivity index (χ2v) is 6.99. The molecule has 1 aliphatic carbocycles. The third-order valence-corrected chi connectivity index (χ3v) is 5.10. The summed E-state index contributed by atoms with van der Waals surface area (Å²) in [7, 11) is 0. The summed E-state index contributed by atoms with van der Waals surface area (Å²) in [5, 5.41) is 0. The molecule has 0 N–H and O–H groups in total. The van der Waals surface area contributed by atoms with Crippen LogP contribution in [0.3, 0.4) is 0 Å². The number of fused-ring (bicyclic) bond motifs is 1. The minimum Gasteiger partial charge on any atom is -0.462 e. The minimum atomic E-state index is 0.954. The summed E-state index contributed by atoms with van der Waals surface area (Å²) < 4.78 is 5.88. The van der Waals surface area contributed by atoms with E-state index in [0.29, 0.717) is 0 Å². The summed E-state index contributed by atoms with van der Waals surface area (Å²) in [6.45, 7) is 6.52. The molecule has 0 spiro atoms. The molecule has 1 heterocycles. The fourth-order valence-corrected chi connectivity index (χ4v) is 3.96. The molecular formula is C24H24O. The van der Waals surface area contributed by atoms with Crippen LogP contribution < -0.4 is 0 Å². The van der Waals surface area contributed by atoms with Crippen LogP contribution in [-0.2, 0) is 12.8 Å². The highest BCUT2D eigenvalue weighted by molar-refractivity contribution is 5.94. The molecule has 2 aromatic carbocycles. The van der Waals surface area contributed by atoms with Gasteiger partial charge >= 0.3 is 0 Å². The van der Waals surface area contributed by atoms with Crippen LogP contribution in [0.5, 0.6) is 0 Å². The second kappa shape index (κ2) is 6.40. The van der Waals surface area contributed by atoms with E-state index in [-0.39, 0.29) is 0 Å². The molecule has 0 aliphatic heterocycles. The maximum Gasteiger partial charge on any atom is 0.130 e. The molecule has 25 heavy (non-hydrogen) atoms. The quantitative estimate of drug-likeness (QED) is 0.525. The molecule has 1 aliphatic rings. The van der Waals surface area contributed by atoms with Crippen molar-refractivity contribution in [2.45, 2.75) is 40.0 Å². The number of hydrogen-bond acceptors (Lipinski definition) is 1. The molecule has 1 heteroatoms. The summed E-state index contributed by atoms with van der Waals surface area (Å²) in [5.74, 6) is 1.97. The van der Waals surface area contributed by atoms with Crippen LogP contribution in [0, 0.1) is 13.8 Å². The maximum atomic E-state index is 5.88. The van der Waals surface area contributed by atoms with Gasteiger partial charge in [0, 0.05) is 6.42 Å². The Morgan fingerprint density at radius 1 is 1.00 bits per heavy atom. The second-order valence-electron chi connectivity index (χ2n) is 6.99. The maximum absolute atomic E-state index is 5.88. The third kappa shape index (κ3) is 2.84. The van der Waals surface area contributed by atoms with Crippen molar-refractivity contribution in [2.24, 2.45) is 0 Å². The predicted octanol–water partition coefficient (Wildman–Crippen LogP) is 6.61. The molecule has 0 bridgehead atoms. The summed E-state index contributed by atoms with van der Waals surface area (Å²) in [5.41, 5.74) is 9.71. The first kappa shape index (κ1) is 16.0. The van der Waals surface area contributed by atoms with Crippen molar-refractivity contribution in [1.82, 2.24) is 0 Å². The van der Waals surface area contributed by atoms with E-state index in [1.165, 1.54) is 39.0 Å². The van der Waals surface area contributed by atoms with Crippen molar-refractivity contribution in [1.29, 1.82) is 0 Å². The Balaban J connectivity index is 1.92. The van der Waals surface area contributed by atoms with Crippen LogP contribution in [0.25, 0.3) is 22.8 Å². The van der Waals surface area contributed by atoms with Gasteiger partial charge in [-0.25, -0.2) is 0 Å². The van der Waals surface area contributed by atoms with Crippen molar-refractivity contribution in [3.8, 4) is 11.1 Å². The Bertz CT molecular complexity index is 942. The molecule has 1 nitrogen and oxygen atoms in total. The first-order valence-corrected chi connectivity index (χ1v) is 9.15. The largest absolute Gasteiger partial charge is 0.462 e. The Hall–Kier alpha value is -2.54. The van der Waals surface area contributed by atoms with E-state index in [1.54, 1.807) is 0 Å². The lowest BCUT2D eigenvalue weighted by Crippen LogP contribution is -1.99. The molecule has 4 rings (SSSR count). The number of aryl methyl sites for hydroxylation is 2. The standard InChI is InChI=1S/C24H24O/c1-4-8-21-16(2)13-19-14-20(23-12-11-17(3)25-23)15-22(19)24(21)18-9-6-5-7-10-18/h5-7,9-13,15H,4,8,14H2,1-3H3. The Labute approximate surface area is 150 Å². The Morgan fingerprint density at radius 2 is 1.80 bits per heavy atom. The van der Waals surface area contributed by atoms with Crippen molar-refractivity contribution in [3.05, 3.63) is 82.3 Å². The zero-order chi connectivity index (χ0) is 17.4. The number of furan rings is 1. The molecule has 0 radical (unpaired) electrons. The van der Waals surface area contributed by atoms with E-state index < -0.39 is 0 Å². The highest BCUT2D eigenvalue weighted by Gasteiger charge is 2.23. The van der Waals surface area contributed by atoms with Gasteiger partial charge in [-0.1, -0.05) is 49.7 Å². The van der Waals surface area contributed by atoms with Gasteiger partial charge in [0.2, 0.25) is 0 Å². The zero-order valence-corrected chi connectivity index (χ0v) is 15.2. The normalized spacial score (nSPS) is 13.0. The molecule has 0 amide bonds. The van der Waals surface area contributed by atoms with E-state index in [2.05, 4.69) is 62.4 Å². The van der Waals surface area contributed by atoms with Gasteiger partial charge in [0.1, 0.15) is 11.5 Å². The molecule has 126 valence electrons. The van der Waals surface area contributed by atoms with Gasteiger partial charge in [-0.3, -0.25) is 0 Å². The lowest BCUT2D eigenvalue weighted by atomic mass is 9.87. The van der Waals surface area contributed by atoms with E-state index in [9.17, 15) is 0 Å². The van der Waals surface area contributed by atoms with Gasteiger partial charge in [-0.05, 0) is 77.4 Å². The van der Waals surface area contributed by atoms with Gasteiger partial charge in [0.05, 0.1) is 0 Å². The van der Waals surface area contributed by atoms with Crippen molar-refractivity contribution in [3.63, 3.8) is 0 Å². The smallest absolute Gasteiger partial charge is 0.130 e. The van der Waals surface area contributed by atoms with E-state index >= 15 is 0 Å². The van der Waals surface area contributed by atoms with Crippen LogP contribution in [0.4, 0.5) is 0 Å². The molecule has 0 unspecified atom stereocenters. The fraction of sp³-hybridized carbons (Fsp3) is 0.250. The Morgan fingerprint density at radius 3 is 2.48 bits per heavy atom. The van der Waals surface area contributed by atoms with Gasteiger partial charge < -0.3 is 4.42 Å². The molecule has 0 fully saturated rings. The van der Waals surface area contributed by atoms with E-state index in [0.717, 1.165) is 30.8 Å². The van der Waals surface area contributed by atoms with Gasteiger partial charge in [0.15, 0.2) is 0 Å². The molecule has 1 aromatic heterocycles. The van der Waals surface area contributed by atoms with Crippen LogP contribution in [-0.4, -0.2) is 0 Å². The van der Waals surface area contributed by atoms with E-state index in [4.69, 9.17) is 4.42 Å². The Kier molecular flexibility index (Phi) is 4.09. The third-order valence-electron chi connectivity index (χ3n) is 5.10. The van der Waals surface area contributed by atoms with Gasteiger partial charge in [-0.15, -0.1) is 0 Å². The summed E-state index contributed by atoms with van der Waals surface area (Å²) >= 11 is 0. The molecule has 0 saturated heterocycles. The molecule has 0 atom stereocenters. The zero-order valence-electron chi connectivity index (χ0n) is 15.2. The first-order valence-electron chi connectivity index (χ1n) is 9.15. The van der Waals surface area contributed by atoms with Crippen molar-refractivity contribution in [2.75, 3.05) is 0 Å². The lowest BCUT2D eigenvalue weighted by molar-refractivity contribution is 0.521. The minimum absolute atomic E-state index is 0.954. The average Bonchev–Trinajstić information content (AvgIpc) is 3.22. The SMILES string of the molecule is CCCc1c(C)cc2c(c1-c1ccccc1)C=C(c1ccc(C)o1)C2. The van der Waals surface area contributed by atoms with Gasteiger partial charge in [-0.2, -0.15) is 0 Å². The number of rotatable bonds is 4. The number of allylic oxidation sites excluding steroid dienone is 1. The molecule has 0 saturated carbocycles.